The Morgan fingerprint density at radius 3 is 2.57 bits per heavy atom. The monoisotopic (exact) mass is 310 g/mol. The van der Waals surface area contributed by atoms with Crippen LogP contribution in [-0.4, -0.2) is 10.9 Å². The van der Waals surface area contributed by atoms with Gasteiger partial charge in [-0.2, -0.15) is 0 Å². The van der Waals surface area contributed by atoms with Crippen molar-refractivity contribution in [3.63, 3.8) is 0 Å². The van der Waals surface area contributed by atoms with Gasteiger partial charge >= 0.3 is 0 Å². The van der Waals surface area contributed by atoms with Gasteiger partial charge in [0.15, 0.2) is 0 Å². The van der Waals surface area contributed by atoms with Crippen molar-refractivity contribution in [2.75, 3.05) is 5.32 Å². The highest BCUT2D eigenvalue weighted by Crippen LogP contribution is 2.20. The number of anilines is 1. The van der Waals surface area contributed by atoms with E-state index in [4.69, 9.17) is 0 Å². The van der Waals surface area contributed by atoms with E-state index in [1.807, 2.05) is 19.2 Å². The summed E-state index contributed by atoms with van der Waals surface area (Å²) in [4.78, 5) is 16.2. The van der Waals surface area contributed by atoms with Gasteiger partial charge in [-0.3, -0.25) is 4.79 Å². The van der Waals surface area contributed by atoms with E-state index in [2.05, 4.69) is 10.3 Å². The lowest BCUT2D eigenvalue weighted by molar-refractivity contribution is -0.116. The third-order valence-electron chi connectivity index (χ3n) is 2.95. The van der Waals surface area contributed by atoms with E-state index >= 15 is 0 Å². The van der Waals surface area contributed by atoms with Crippen LogP contribution in [-0.2, 0) is 11.2 Å². The average molecular weight is 310 g/mol. The van der Waals surface area contributed by atoms with Crippen LogP contribution in [0, 0.1) is 11.6 Å². The van der Waals surface area contributed by atoms with E-state index in [0.717, 1.165) is 22.8 Å². The van der Waals surface area contributed by atoms with Crippen LogP contribution in [0.15, 0.2) is 23.6 Å². The summed E-state index contributed by atoms with van der Waals surface area (Å²) in [6, 6.07) is 3.46. The van der Waals surface area contributed by atoms with Crippen molar-refractivity contribution in [2.24, 2.45) is 0 Å². The molecule has 2 aromatic rings. The van der Waals surface area contributed by atoms with Gasteiger partial charge in [-0.05, 0) is 18.1 Å². The number of halogens is 2. The normalized spacial score (nSPS) is 10.9. The van der Waals surface area contributed by atoms with Crippen LogP contribution in [0.5, 0.6) is 0 Å². The van der Waals surface area contributed by atoms with Crippen molar-refractivity contribution in [1.82, 2.24) is 4.98 Å². The van der Waals surface area contributed by atoms with Gasteiger partial charge in [-0.1, -0.05) is 19.9 Å². The predicted molar refractivity (Wildman–Crippen MR) is 79.5 cm³/mol. The molecule has 2 rings (SSSR count). The minimum Gasteiger partial charge on any atom is -0.321 e. The number of amides is 1. The van der Waals surface area contributed by atoms with Gasteiger partial charge in [0.05, 0.1) is 10.7 Å². The Labute approximate surface area is 126 Å². The summed E-state index contributed by atoms with van der Waals surface area (Å²) in [5.74, 6) is -1.64. The number of aromatic nitrogens is 1. The van der Waals surface area contributed by atoms with E-state index in [1.54, 1.807) is 0 Å². The molecule has 0 radical (unpaired) electrons. The van der Waals surface area contributed by atoms with E-state index < -0.39 is 23.2 Å². The van der Waals surface area contributed by atoms with Gasteiger partial charge in [-0.25, -0.2) is 13.8 Å². The second-order valence-corrected chi connectivity index (χ2v) is 5.91. The number of carbonyl (C=O) groups excluding carboxylic acids is 1. The Balaban J connectivity index is 1.93. The Kier molecular flexibility index (Phi) is 5.01. The molecule has 0 unspecified atom stereocenters. The van der Waals surface area contributed by atoms with Crippen LogP contribution >= 0.6 is 11.3 Å². The third-order valence-corrected chi connectivity index (χ3v) is 3.88. The summed E-state index contributed by atoms with van der Waals surface area (Å²) in [5.41, 5.74) is 0.597. The number of hydrogen-bond acceptors (Lipinski definition) is 3. The van der Waals surface area contributed by atoms with E-state index in [-0.39, 0.29) is 6.42 Å². The largest absolute Gasteiger partial charge is 0.321 e. The lowest BCUT2D eigenvalue weighted by Crippen LogP contribution is -2.14. The molecule has 0 fully saturated rings. The number of nitrogens with zero attached hydrogens (tertiary/aromatic N) is 1. The number of hydrogen-bond donors (Lipinski definition) is 1. The Morgan fingerprint density at radius 1 is 1.33 bits per heavy atom. The zero-order chi connectivity index (χ0) is 15.4. The predicted octanol–water partition coefficient (Wildman–Crippen LogP) is 4.12. The fourth-order valence-electron chi connectivity index (χ4n) is 1.74. The molecule has 0 bridgehead atoms. The van der Waals surface area contributed by atoms with E-state index in [0.29, 0.717) is 12.3 Å². The lowest BCUT2D eigenvalue weighted by atomic mass is 10.2. The first kappa shape index (κ1) is 15.6. The molecule has 21 heavy (non-hydrogen) atoms. The fraction of sp³-hybridized carbons (Fsp3) is 0.333. The van der Waals surface area contributed by atoms with Crippen molar-refractivity contribution in [3.05, 3.63) is 45.9 Å². The molecule has 0 aliphatic carbocycles. The van der Waals surface area contributed by atoms with Gasteiger partial charge in [0.1, 0.15) is 17.3 Å². The maximum atomic E-state index is 13.4. The standard InChI is InChI=1S/C15H16F2N2OS/c1-9(2)12-8-21-14(18-12)7-6-13(20)19-15-10(16)4-3-5-11(15)17/h3-5,8-9H,6-7H2,1-2H3,(H,19,20). The van der Waals surface area contributed by atoms with Gasteiger partial charge in [0.25, 0.3) is 0 Å². The second-order valence-electron chi connectivity index (χ2n) is 4.97. The van der Waals surface area contributed by atoms with Crippen molar-refractivity contribution < 1.29 is 13.6 Å². The first-order valence-electron chi connectivity index (χ1n) is 6.65. The zero-order valence-electron chi connectivity index (χ0n) is 11.8. The van der Waals surface area contributed by atoms with Crippen molar-refractivity contribution in [1.29, 1.82) is 0 Å². The molecule has 0 aliphatic rings. The van der Waals surface area contributed by atoms with Gasteiger partial charge in [-0.15, -0.1) is 11.3 Å². The van der Waals surface area contributed by atoms with Gasteiger partial charge in [0.2, 0.25) is 5.91 Å². The minimum atomic E-state index is -0.778. The first-order chi connectivity index (χ1) is 9.97. The molecule has 0 saturated carbocycles. The molecule has 1 aromatic carbocycles. The number of thiazole rings is 1. The Bertz CT molecular complexity index is 620. The Hall–Kier alpha value is -1.82. The maximum Gasteiger partial charge on any atom is 0.224 e. The molecule has 1 aromatic heterocycles. The summed E-state index contributed by atoms with van der Waals surface area (Å²) >= 11 is 1.49. The molecule has 112 valence electrons. The molecule has 0 aliphatic heterocycles. The average Bonchev–Trinajstić information content (AvgIpc) is 2.90. The molecule has 1 heterocycles. The molecule has 1 amide bonds. The first-order valence-corrected chi connectivity index (χ1v) is 7.53. The molecular formula is C15H16F2N2OS. The molecular weight excluding hydrogens is 294 g/mol. The number of carbonyl (C=O) groups is 1. The summed E-state index contributed by atoms with van der Waals surface area (Å²) in [7, 11) is 0. The zero-order valence-corrected chi connectivity index (χ0v) is 12.6. The topological polar surface area (TPSA) is 42.0 Å². The molecule has 1 N–H and O–H groups in total. The maximum absolute atomic E-state index is 13.4. The second kappa shape index (κ2) is 6.76. The van der Waals surface area contributed by atoms with Gasteiger partial charge in [0, 0.05) is 18.2 Å². The molecule has 6 heteroatoms. The summed E-state index contributed by atoms with van der Waals surface area (Å²) in [6.07, 6.45) is 0.595. The number of rotatable bonds is 5. The molecule has 0 atom stereocenters. The van der Waals surface area contributed by atoms with Crippen LogP contribution < -0.4 is 5.32 Å². The highest BCUT2D eigenvalue weighted by Gasteiger charge is 2.13. The van der Waals surface area contributed by atoms with Crippen LogP contribution in [0.2, 0.25) is 0 Å². The van der Waals surface area contributed by atoms with E-state index in [1.165, 1.54) is 17.4 Å². The highest BCUT2D eigenvalue weighted by molar-refractivity contribution is 7.09. The molecule has 0 saturated heterocycles. The highest BCUT2D eigenvalue weighted by atomic mass is 32.1. The number of benzene rings is 1. The summed E-state index contributed by atoms with van der Waals surface area (Å²) in [6.45, 7) is 4.10. The smallest absolute Gasteiger partial charge is 0.224 e. The number of para-hydroxylation sites is 1. The molecule has 0 spiro atoms. The summed E-state index contributed by atoms with van der Waals surface area (Å²) in [5, 5.41) is 5.08. The van der Waals surface area contributed by atoms with E-state index in [9.17, 15) is 13.6 Å². The summed E-state index contributed by atoms with van der Waals surface area (Å²) < 4.78 is 26.8. The molecule has 3 nitrogen and oxygen atoms in total. The third kappa shape index (κ3) is 4.07. The quantitative estimate of drug-likeness (QED) is 0.902. The van der Waals surface area contributed by atoms with Crippen molar-refractivity contribution in [2.45, 2.75) is 32.6 Å². The van der Waals surface area contributed by atoms with Crippen LogP contribution in [0.3, 0.4) is 0 Å². The van der Waals surface area contributed by atoms with Crippen LogP contribution in [0.4, 0.5) is 14.5 Å². The van der Waals surface area contributed by atoms with Crippen LogP contribution in [0.1, 0.15) is 36.9 Å². The fourth-order valence-corrected chi connectivity index (χ4v) is 2.70. The lowest BCUT2D eigenvalue weighted by Gasteiger charge is -2.06. The number of nitrogens with one attached hydrogen (secondary N) is 1. The SMILES string of the molecule is CC(C)c1csc(CCC(=O)Nc2c(F)cccc2F)n1. The van der Waals surface area contributed by atoms with Crippen molar-refractivity contribution in [3.8, 4) is 0 Å². The number of aryl methyl sites for hydroxylation is 1. The Morgan fingerprint density at radius 2 is 2.00 bits per heavy atom. The van der Waals surface area contributed by atoms with Crippen LogP contribution in [0.25, 0.3) is 0 Å². The minimum absolute atomic E-state index is 0.138. The van der Waals surface area contributed by atoms with Crippen molar-refractivity contribution >= 4 is 22.9 Å². The van der Waals surface area contributed by atoms with Gasteiger partial charge < -0.3 is 5.32 Å².